The van der Waals surface area contributed by atoms with Crippen molar-refractivity contribution in [2.24, 2.45) is 5.92 Å². The second-order valence-corrected chi connectivity index (χ2v) is 6.32. The third-order valence-electron chi connectivity index (χ3n) is 3.82. The van der Waals surface area contributed by atoms with E-state index in [1.165, 1.54) is 6.42 Å². The molecule has 1 N–H and O–H groups in total. The Bertz CT molecular complexity index is 419. The highest BCUT2D eigenvalue weighted by Gasteiger charge is 2.21. The summed E-state index contributed by atoms with van der Waals surface area (Å²) in [5, 5.41) is 4.97. The van der Waals surface area contributed by atoms with E-state index in [-0.39, 0.29) is 0 Å². The molecule has 20 heavy (non-hydrogen) atoms. The Labute approximate surface area is 131 Å². The van der Waals surface area contributed by atoms with Gasteiger partial charge >= 0.3 is 0 Å². The Hall–Kier alpha value is -0.280. The van der Waals surface area contributed by atoms with Crippen LogP contribution in [0.4, 0.5) is 0 Å². The molecule has 2 unspecified atom stereocenters. The molecule has 0 saturated carbocycles. The van der Waals surface area contributed by atoms with Gasteiger partial charge in [0.2, 0.25) is 0 Å². The summed E-state index contributed by atoms with van der Waals surface area (Å²) in [4.78, 5) is 0. The van der Waals surface area contributed by atoms with E-state index in [9.17, 15) is 0 Å². The van der Waals surface area contributed by atoms with Crippen LogP contribution in [-0.4, -0.2) is 25.8 Å². The van der Waals surface area contributed by atoms with Crippen molar-refractivity contribution in [2.75, 3.05) is 19.8 Å². The van der Waals surface area contributed by atoms with Crippen molar-refractivity contribution in [1.82, 2.24) is 5.32 Å². The molecule has 2 rings (SSSR count). The van der Waals surface area contributed by atoms with Crippen molar-refractivity contribution < 1.29 is 4.74 Å². The number of ether oxygens (including phenoxy) is 1. The third-order valence-corrected chi connectivity index (χ3v) is 4.68. The standard InChI is InChI=1S/C16H23Cl2NO/c1-2-7-19-14(9-12-6-8-20-11-12)10-13-4-3-5-15(17)16(13)18/h3-5,12,14,19H,2,6-11H2,1H3. The molecule has 0 radical (unpaired) electrons. The summed E-state index contributed by atoms with van der Waals surface area (Å²) in [6.07, 6.45) is 4.38. The minimum absolute atomic E-state index is 0.442. The average Bonchev–Trinajstić information content (AvgIpc) is 2.94. The Morgan fingerprint density at radius 1 is 1.40 bits per heavy atom. The molecule has 1 aliphatic heterocycles. The van der Waals surface area contributed by atoms with Crippen molar-refractivity contribution in [1.29, 1.82) is 0 Å². The second kappa shape index (κ2) is 8.23. The molecular formula is C16H23Cl2NO. The van der Waals surface area contributed by atoms with Crippen molar-refractivity contribution in [3.63, 3.8) is 0 Å². The van der Waals surface area contributed by atoms with E-state index in [1.54, 1.807) is 0 Å². The van der Waals surface area contributed by atoms with Gasteiger partial charge in [0, 0.05) is 19.3 Å². The summed E-state index contributed by atoms with van der Waals surface area (Å²) in [6, 6.07) is 6.32. The Kier molecular flexibility index (Phi) is 6.63. The first kappa shape index (κ1) is 16.1. The van der Waals surface area contributed by atoms with Crippen LogP contribution in [0, 0.1) is 5.92 Å². The van der Waals surface area contributed by atoms with Crippen LogP contribution in [-0.2, 0) is 11.2 Å². The third kappa shape index (κ3) is 4.63. The maximum atomic E-state index is 6.30. The van der Waals surface area contributed by atoms with Gasteiger partial charge in [-0.3, -0.25) is 0 Å². The van der Waals surface area contributed by atoms with E-state index in [2.05, 4.69) is 18.3 Å². The molecule has 0 aliphatic carbocycles. The highest BCUT2D eigenvalue weighted by molar-refractivity contribution is 6.42. The van der Waals surface area contributed by atoms with Crippen LogP contribution in [0.25, 0.3) is 0 Å². The van der Waals surface area contributed by atoms with Crippen LogP contribution in [0.15, 0.2) is 18.2 Å². The van der Waals surface area contributed by atoms with Crippen LogP contribution in [0.3, 0.4) is 0 Å². The predicted octanol–water partition coefficient (Wildman–Crippen LogP) is 4.33. The molecule has 1 heterocycles. The molecule has 2 nitrogen and oxygen atoms in total. The molecule has 0 spiro atoms. The highest BCUT2D eigenvalue weighted by Crippen LogP contribution is 2.28. The number of hydrogen-bond acceptors (Lipinski definition) is 2. The summed E-state index contributed by atoms with van der Waals surface area (Å²) in [6.45, 7) is 5.03. The Balaban J connectivity index is 1.99. The van der Waals surface area contributed by atoms with Gasteiger partial charge in [-0.1, -0.05) is 42.3 Å². The first-order valence-electron chi connectivity index (χ1n) is 7.44. The summed E-state index contributed by atoms with van der Waals surface area (Å²) < 4.78 is 5.48. The minimum Gasteiger partial charge on any atom is -0.381 e. The van der Waals surface area contributed by atoms with Gasteiger partial charge in [-0.25, -0.2) is 0 Å². The van der Waals surface area contributed by atoms with Gasteiger partial charge in [-0.05, 0) is 49.8 Å². The van der Waals surface area contributed by atoms with E-state index in [1.807, 2.05) is 12.1 Å². The summed E-state index contributed by atoms with van der Waals surface area (Å²) in [7, 11) is 0. The van der Waals surface area contributed by atoms with Gasteiger partial charge in [-0.15, -0.1) is 0 Å². The maximum absolute atomic E-state index is 6.30. The first-order valence-corrected chi connectivity index (χ1v) is 8.20. The molecule has 112 valence electrons. The topological polar surface area (TPSA) is 21.3 Å². The van der Waals surface area contributed by atoms with Crippen LogP contribution in [0.5, 0.6) is 0 Å². The summed E-state index contributed by atoms with van der Waals surface area (Å²) in [5.41, 5.74) is 1.13. The highest BCUT2D eigenvalue weighted by atomic mass is 35.5. The fourth-order valence-corrected chi connectivity index (χ4v) is 3.13. The van der Waals surface area contributed by atoms with Gasteiger partial charge in [-0.2, -0.15) is 0 Å². The molecule has 1 saturated heterocycles. The van der Waals surface area contributed by atoms with Crippen molar-refractivity contribution in [3.8, 4) is 0 Å². The molecule has 2 atom stereocenters. The number of hydrogen-bond donors (Lipinski definition) is 1. The van der Waals surface area contributed by atoms with Crippen molar-refractivity contribution >= 4 is 23.2 Å². The van der Waals surface area contributed by atoms with Gasteiger partial charge < -0.3 is 10.1 Å². The molecule has 0 bridgehead atoms. The van der Waals surface area contributed by atoms with Crippen molar-refractivity contribution in [3.05, 3.63) is 33.8 Å². The molecule has 0 aromatic heterocycles. The maximum Gasteiger partial charge on any atom is 0.0624 e. The zero-order valence-electron chi connectivity index (χ0n) is 12.0. The lowest BCUT2D eigenvalue weighted by molar-refractivity contribution is 0.181. The van der Waals surface area contributed by atoms with Crippen LogP contribution < -0.4 is 5.32 Å². The van der Waals surface area contributed by atoms with Gasteiger partial charge in [0.1, 0.15) is 0 Å². The number of benzene rings is 1. The molecule has 1 aromatic rings. The number of nitrogens with one attached hydrogen (secondary N) is 1. The SMILES string of the molecule is CCCNC(Cc1cccc(Cl)c1Cl)CC1CCOC1. The zero-order chi connectivity index (χ0) is 14.4. The zero-order valence-corrected chi connectivity index (χ0v) is 13.5. The lowest BCUT2D eigenvalue weighted by atomic mass is 9.94. The fourth-order valence-electron chi connectivity index (χ4n) is 2.73. The van der Waals surface area contributed by atoms with E-state index in [4.69, 9.17) is 27.9 Å². The molecule has 1 aliphatic rings. The molecule has 1 fully saturated rings. The second-order valence-electron chi connectivity index (χ2n) is 5.53. The lowest BCUT2D eigenvalue weighted by Crippen LogP contribution is -2.34. The largest absolute Gasteiger partial charge is 0.381 e. The van der Waals surface area contributed by atoms with Crippen LogP contribution >= 0.6 is 23.2 Å². The van der Waals surface area contributed by atoms with Crippen LogP contribution in [0.2, 0.25) is 10.0 Å². The smallest absolute Gasteiger partial charge is 0.0624 e. The minimum atomic E-state index is 0.442. The quantitative estimate of drug-likeness (QED) is 0.808. The Morgan fingerprint density at radius 3 is 2.95 bits per heavy atom. The Morgan fingerprint density at radius 2 is 2.25 bits per heavy atom. The van der Waals surface area contributed by atoms with E-state index >= 15 is 0 Å². The molecule has 1 aromatic carbocycles. The lowest BCUT2D eigenvalue weighted by Gasteiger charge is -2.22. The van der Waals surface area contributed by atoms with Gasteiger partial charge in [0.15, 0.2) is 0 Å². The van der Waals surface area contributed by atoms with Crippen LogP contribution in [0.1, 0.15) is 31.7 Å². The predicted molar refractivity (Wildman–Crippen MR) is 85.8 cm³/mol. The van der Waals surface area contributed by atoms with E-state index < -0.39 is 0 Å². The summed E-state index contributed by atoms with van der Waals surface area (Å²) >= 11 is 12.4. The molecule has 4 heteroatoms. The van der Waals surface area contributed by atoms with E-state index in [0.717, 1.165) is 44.6 Å². The first-order chi connectivity index (χ1) is 9.70. The molecular weight excluding hydrogens is 293 g/mol. The normalized spacial score (nSPS) is 20.2. The van der Waals surface area contributed by atoms with Crippen molar-refractivity contribution in [2.45, 2.75) is 38.6 Å². The fraction of sp³-hybridized carbons (Fsp3) is 0.625. The summed E-state index contributed by atoms with van der Waals surface area (Å²) in [5.74, 6) is 0.669. The monoisotopic (exact) mass is 315 g/mol. The average molecular weight is 316 g/mol. The van der Waals surface area contributed by atoms with E-state index in [0.29, 0.717) is 22.0 Å². The molecule has 0 amide bonds. The number of halogens is 2. The van der Waals surface area contributed by atoms with Gasteiger partial charge in [0.25, 0.3) is 0 Å². The number of rotatable bonds is 7. The van der Waals surface area contributed by atoms with Gasteiger partial charge in [0.05, 0.1) is 10.0 Å².